The summed E-state index contributed by atoms with van der Waals surface area (Å²) >= 11 is 5.91. The first-order valence-corrected chi connectivity index (χ1v) is 5.32. The molecule has 0 aliphatic rings. The lowest BCUT2D eigenvalue weighted by molar-refractivity contribution is 0.684. The second-order valence-corrected chi connectivity index (χ2v) is 3.74. The molecule has 0 saturated heterocycles. The molecular formula is C11H12ClN3. The van der Waals surface area contributed by atoms with Gasteiger partial charge in [-0.25, -0.2) is 4.98 Å². The summed E-state index contributed by atoms with van der Waals surface area (Å²) in [6.45, 7) is 3.08. The van der Waals surface area contributed by atoms with Gasteiger partial charge in [-0.15, -0.1) is 0 Å². The molecule has 0 bridgehead atoms. The molecule has 3 nitrogen and oxygen atoms in total. The van der Waals surface area contributed by atoms with Gasteiger partial charge in [-0.3, -0.25) is 4.98 Å². The molecule has 78 valence electrons. The lowest BCUT2D eigenvalue weighted by Gasteiger charge is -2.05. The Morgan fingerprint density at radius 2 is 2.20 bits per heavy atom. The molecule has 0 amide bonds. The maximum Gasteiger partial charge on any atom is 0.158 e. The Bertz CT molecular complexity index is 451. The van der Waals surface area contributed by atoms with Crippen LogP contribution in [0.1, 0.15) is 13.3 Å². The van der Waals surface area contributed by atoms with Gasteiger partial charge in [0.25, 0.3) is 0 Å². The molecule has 0 spiro atoms. The third-order valence-electron chi connectivity index (χ3n) is 2.13. The lowest BCUT2D eigenvalue weighted by atomic mass is 10.3. The van der Waals surface area contributed by atoms with Crippen LogP contribution in [0.5, 0.6) is 0 Å². The maximum atomic E-state index is 5.91. The average Bonchev–Trinajstić information content (AvgIpc) is 2.66. The summed E-state index contributed by atoms with van der Waals surface area (Å²) in [6.07, 6.45) is 6.52. The van der Waals surface area contributed by atoms with Crippen LogP contribution in [0.4, 0.5) is 0 Å². The van der Waals surface area contributed by atoms with E-state index in [0.29, 0.717) is 5.02 Å². The molecule has 0 aromatic carbocycles. The van der Waals surface area contributed by atoms with Crippen molar-refractivity contribution >= 4 is 11.6 Å². The van der Waals surface area contributed by atoms with Gasteiger partial charge >= 0.3 is 0 Å². The Hall–Kier alpha value is -1.35. The smallest absolute Gasteiger partial charge is 0.158 e. The van der Waals surface area contributed by atoms with Crippen LogP contribution in [0.3, 0.4) is 0 Å². The van der Waals surface area contributed by atoms with Crippen LogP contribution in [-0.4, -0.2) is 14.5 Å². The fraction of sp³-hybridized carbons (Fsp3) is 0.273. The van der Waals surface area contributed by atoms with Gasteiger partial charge in [0.15, 0.2) is 5.82 Å². The predicted octanol–water partition coefficient (Wildman–Crippen LogP) is 3.01. The molecule has 0 saturated carbocycles. The summed E-state index contributed by atoms with van der Waals surface area (Å²) in [7, 11) is 0. The lowest BCUT2D eigenvalue weighted by Crippen LogP contribution is -1.99. The first-order chi connectivity index (χ1) is 7.31. The van der Waals surface area contributed by atoms with Crippen molar-refractivity contribution in [1.29, 1.82) is 0 Å². The third-order valence-corrected chi connectivity index (χ3v) is 2.37. The van der Waals surface area contributed by atoms with Gasteiger partial charge in [0.05, 0.1) is 0 Å². The van der Waals surface area contributed by atoms with E-state index in [-0.39, 0.29) is 0 Å². The van der Waals surface area contributed by atoms with Crippen molar-refractivity contribution < 1.29 is 0 Å². The van der Waals surface area contributed by atoms with Crippen molar-refractivity contribution in [3.8, 4) is 11.5 Å². The van der Waals surface area contributed by atoms with E-state index in [0.717, 1.165) is 24.5 Å². The number of rotatable bonds is 3. The fourth-order valence-electron chi connectivity index (χ4n) is 1.49. The van der Waals surface area contributed by atoms with Gasteiger partial charge in [0.2, 0.25) is 0 Å². The molecule has 2 rings (SSSR count). The Balaban J connectivity index is 2.40. The van der Waals surface area contributed by atoms with Gasteiger partial charge in [0, 0.05) is 30.2 Å². The summed E-state index contributed by atoms with van der Waals surface area (Å²) in [5, 5.41) is 0.686. The highest BCUT2D eigenvalue weighted by molar-refractivity contribution is 6.30. The van der Waals surface area contributed by atoms with Gasteiger partial charge in [-0.1, -0.05) is 18.5 Å². The summed E-state index contributed by atoms with van der Waals surface area (Å²) < 4.78 is 2.08. The van der Waals surface area contributed by atoms with Crippen molar-refractivity contribution in [2.24, 2.45) is 0 Å². The number of hydrogen-bond donors (Lipinski definition) is 0. The van der Waals surface area contributed by atoms with Crippen molar-refractivity contribution in [2.45, 2.75) is 19.9 Å². The van der Waals surface area contributed by atoms with Crippen molar-refractivity contribution in [3.63, 3.8) is 0 Å². The Morgan fingerprint density at radius 1 is 1.33 bits per heavy atom. The highest BCUT2D eigenvalue weighted by atomic mass is 35.5. The molecule has 0 fully saturated rings. The summed E-state index contributed by atoms with van der Waals surface area (Å²) in [6, 6.07) is 3.59. The molecule has 0 aliphatic heterocycles. The normalized spacial score (nSPS) is 10.5. The minimum absolute atomic E-state index is 0.686. The van der Waals surface area contributed by atoms with Crippen molar-refractivity contribution in [3.05, 3.63) is 35.7 Å². The van der Waals surface area contributed by atoms with E-state index in [4.69, 9.17) is 11.6 Å². The minimum atomic E-state index is 0.686. The average molecular weight is 222 g/mol. The molecule has 0 radical (unpaired) electrons. The minimum Gasteiger partial charge on any atom is -0.330 e. The van der Waals surface area contributed by atoms with E-state index >= 15 is 0 Å². The number of pyridine rings is 1. The molecule has 2 aromatic rings. The van der Waals surface area contributed by atoms with Crippen LogP contribution < -0.4 is 0 Å². The molecule has 0 atom stereocenters. The third kappa shape index (κ3) is 2.18. The molecular weight excluding hydrogens is 210 g/mol. The molecule has 2 aromatic heterocycles. The molecule has 0 aliphatic carbocycles. The van der Waals surface area contributed by atoms with Crippen LogP contribution in [0, 0.1) is 0 Å². The predicted molar refractivity (Wildman–Crippen MR) is 60.8 cm³/mol. The van der Waals surface area contributed by atoms with Crippen LogP contribution in [0.2, 0.25) is 5.02 Å². The van der Waals surface area contributed by atoms with Gasteiger partial charge in [-0.05, 0) is 18.6 Å². The van der Waals surface area contributed by atoms with E-state index < -0.39 is 0 Å². The Morgan fingerprint density at radius 3 is 2.93 bits per heavy atom. The first kappa shape index (κ1) is 10.2. The van der Waals surface area contributed by atoms with Gasteiger partial charge in [-0.2, -0.15) is 0 Å². The van der Waals surface area contributed by atoms with E-state index in [1.165, 1.54) is 0 Å². The van der Waals surface area contributed by atoms with Gasteiger partial charge < -0.3 is 4.57 Å². The van der Waals surface area contributed by atoms with Crippen molar-refractivity contribution in [2.75, 3.05) is 0 Å². The highest BCUT2D eigenvalue weighted by Crippen LogP contribution is 2.18. The van der Waals surface area contributed by atoms with Crippen LogP contribution in [0.15, 0.2) is 30.7 Å². The highest BCUT2D eigenvalue weighted by Gasteiger charge is 2.06. The number of aryl methyl sites for hydroxylation is 1. The number of nitrogens with zero attached hydrogens (tertiary/aromatic N) is 3. The molecule has 4 heteroatoms. The largest absolute Gasteiger partial charge is 0.330 e. The quantitative estimate of drug-likeness (QED) is 0.798. The number of halogens is 1. The zero-order valence-corrected chi connectivity index (χ0v) is 9.28. The first-order valence-electron chi connectivity index (χ1n) is 4.94. The monoisotopic (exact) mass is 221 g/mol. The second kappa shape index (κ2) is 4.45. The summed E-state index contributed by atoms with van der Waals surface area (Å²) in [5.74, 6) is 0.874. The summed E-state index contributed by atoms with van der Waals surface area (Å²) in [5.41, 5.74) is 0.820. The molecule has 0 N–H and O–H groups in total. The second-order valence-electron chi connectivity index (χ2n) is 3.30. The SMILES string of the molecule is CCCn1ccnc1-c1cc(Cl)ccn1. The van der Waals surface area contributed by atoms with E-state index in [1.807, 2.05) is 12.3 Å². The molecule has 15 heavy (non-hydrogen) atoms. The number of aromatic nitrogens is 3. The van der Waals surface area contributed by atoms with Crippen LogP contribution in [0.25, 0.3) is 11.5 Å². The van der Waals surface area contributed by atoms with Gasteiger partial charge in [0.1, 0.15) is 5.69 Å². The van der Waals surface area contributed by atoms with Crippen molar-refractivity contribution in [1.82, 2.24) is 14.5 Å². The summed E-state index contributed by atoms with van der Waals surface area (Å²) in [4.78, 5) is 8.55. The topological polar surface area (TPSA) is 30.7 Å². The zero-order chi connectivity index (χ0) is 10.7. The standard InChI is InChI=1S/C11H12ClN3/c1-2-6-15-7-5-14-11(15)10-8-9(12)3-4-13-10/h3-5,7-8H,2,6H2,1H3. The fourth-order valence-corrected chi connectivity index (χ4v) is 1.65. The van der Waals surface area contributed by atoms with Crippen LogP contribution >= 0.6 is 11.6 Å². The number of imidazole rings is 1. The molecule has 0 unspecified atom stereocenters. The van der Waals surface area contributed by atoms with E-state index in [9.17, 15) is 0 Å². The van der Waals surface area contributed by atoms with E-state index in [2.05, 4.69) is 21.5 Å². The van der Waals surface area contributed by atoms with Crippen LogP contribution in [-0.2, 0) is 6.54 Å². The molecule has 2 heterocycles. The number of hydrogen-bond acceptors (Lipinski definition) is 2. The maximum absolute atomic E-state index is 5.91. The zero-order valence-electron chi connectivity index (χ0n) is 8.52. The Kier molecular flexibility index (Phi) is 3.02. The van der Waals surface area contributed by atoms with E-state index in [1.54, 1.807) is 18.5 Å². The Labute approximate surface area is 93.7 Å².